The van der Waals surface area contributed by atoms with E-state index in [4.69, 9.17) is 4.42 Å². The van der Waals surface area contributed by atoms with Gasteiger partial charge in [0.05, 0.1) is 5.56 Å². The van der Waals surface area contributed by atoms with Crippen LogP contribution < -0.4 is 5.32 Å². The number of hydrogen-bond acceptors (Lipinski definition) is 4. The van der Waals surface area contributed by atoms with E-state index in [2.05, 4.69) is 29.4 Å². The number of benzene rings is 1. The molecule has 2 aromatic rings. The van der Waals surface area contributed by atoms with Gasteiger partial charge in [0, 0.05) is 19.0 Å². The Balaban J connectivity index is 2.10. The van der Waals surface area contributed by atoms with Crippen molar-refractivity contribution in [2.24, 2.45) is 0 Å². The molecular weight excluding hydrogens is 245 g/mol. The van der Waals surface area contributed by atoms with Crippen molar-refractivity contribution in [1.82, 2.24) is 15.5 Å². The third-order valence-electron chi connectivity index (χ3n) is 2.78. The molecule has 1 aromatic carbocycles. The molecule has 1 heterocycles. The molecule has 0 atom stereocenters. The molecule has 2 rings (SSSR count). The van der Waals surface area contributed by atoms with Crippen LogP contribution in [-0.4, -0.2) is 22.8 Å². The van der Waals surface area contributed by atoms with Crippen molar-refractivity contribution in [2.45, 2.75) is 33.2 Å². The van der Waals surface area contributed by atoms with Gasteiger partial charge in [-0.3, -0.25) is 0 Å². The highest BCUT2D eigenvalue weighted by atomic mass is 19.1. The maximum Gasteiger partial charge on any atom is 0.250 e. The molecule has 0 bridgehead atoms. The zero-order valence-corrected chi connectivity index (χ0v) is 11.4. The van der Waals surface area contributed by atoms with Crippen molar-refractivity contribution in [1.29, 1.82) is 0 Å². The van der Waals surface area contributed by atoms with Gasteiger partial charge < -0.3 is 9.73 Å². The summed E-state index contributed by atoms with van der Waals surface area (Å²) < 4.78 is 19.4. The van der Waals surface area contributed by atoms with Gasteiger partial charge in [-0.15, -0.1) is 10.2 Å². The largest absolute Gasteiger partial charge is 0.421 e. The molecule has 5 heteroatoms. The fraction of sp³-hybridized carbons (Fsp3) is 0.429. The molecule has 102 valence electrons. The van der Waals surface area contributed by atoms with Gasteiger partial charge in [-0.2, -0.15) is 0 Å². The zero-order chi connectivity index (χ0) is 13.8. The van der Waals surface area contributed by atoms with Crippen LogP contribution in [0.5, 0.6) is 0 Å². The average Bonchev–Trinajstić information content (AvgIpc) is 2.81. The second-order valence-corrected chi connectivity index (χ2v) is 4.80. The molecule has 0 radical (unpaired) electrons. The number of rotatable bonds is 5. The highest BCUT2D eigenvalue weighted by Gasteiger charge is 2.14. The van der Waals surface area contributed by atoms with Crippen molar-refractivity contribution >= 4 is 0 Å². The highest BCUT2D eigenvalue weighted by Crippen LogP contribution is 2.23. The second-order valence-electron chi connectivity index (χ2n) is 4.80. The van der Waals surface area contributed by atoms with Gasteiger partial charge in [0.25, 0.3) is 5.89 Å². The first-order valence-corrected chi connectivity index (χ1v) is 6.39. The third-order valence-corrected chi connectivity index (χ3v) is 2.78. The summed E-state index contributed by atoms with van der Waals surface area (Å²) in [5, 5.41) is 11.1. The van der Waals surface area contributed by atoms with Gasteiger partial charge in [0.1, 0.15) is 5.82 Å². The molecule has 0 unspecified atom stereocenters. The summed E-state index contributed by atoms with van der Waals surface area (Å²) in [6.45, 7) is 6.61. The molecule has 0 aliphatic rings. The van der Waals surface area contributed by atoms with Gasteiger partial charge in [-0.1, -0.05) is 26.0 Å². The smallest absolute Gasteiger partial charge is 0.250 e. The van der Waals surface area contributed by atoms with E-state index < -0.39 is 0 Å². The number of hydrogen-bond donors (Lipinski definition) is 1. The molecule has 1 N–H and O–H groups in total. The van der Waals surface area contributed by atoms with Crippen LogP contribution in [0.4, 0.5) is 4.39 Å². The topological polar surface area (TPSA) is 51.0 Å². The molecule has 0 aliphatic heterocycles. The normalized spacial score (nSPS) is 11.2. The Hall–Kier alpha value is -1.75. The van der Waals surface area contributed by atoms with Crippen molar-refractivity contribution in [2.75, 3.05) is 6.54 Å². The van der Waals surface area contributed by atoms with E-state index in [1.165, 1.54) is 0 Å². The van der Waals surface area contributed by atoms with Crippen LogP contribution in [-0.2, 0) is 6.42 Å². The monoisotopic (exact) mass is 263 g/mol. The predicted molar refractivity (Wildman–Crippen MR) is 71.3 cm³/mol. The Kier molecular flexibility index (Phi) is 4.27. The van der Waals surface area contributed by atoms with Crippen LogP contribution in [0.25, 0.3) is 11.5 Å². The van der Waals surface area contributed by atoms with Gasteiger partial charge >= 0.3 is 0 Å². The van der Waals surface area contributed by atoms with Crippen LogP contribution >= 0.6 is 0 Å². The minimum atomic E-state index is -0.307. The molecule has 0 fully saturated rings. The summed E-state index contributed by atoms with van der Waals surface area (Å²) in [7, 11) is 0. The molecule has 0 saturated heterocycles. The molecule has 1 aromatic heterocycles. The molecule has 0 spiro atoms. The lowest BCUT2D eigenvalue weighted by Crippen LogP contribution is -2.25. The Morgan fingerprint density at radius 2 is 2.11 bits per heavy atom. The van der Waals surface area contributed by atoms with Crippen LogP contribution in [0.3, 0.4) is 0 Å². The Labute approximate surface area is 112 Å². The van der Waals surface area contributed by atoms with E-state index >= 15 is 0 Å². The van der Waals surface area contributed by atoms with Gasteiger partial charge in [-0.25, -0.2) is 4.39 Å². The lowest BCUT2D eigenvalue weighted by molar-refractivity contribution is 0.481. The first-order valence-electron chi connectivity index (χ1n) is 6.39. The number of aryl methyl sites for hydroxylation is 1. The summed E-state index contributed by atoms with van der Waals surface area (Å²) in [6.07, 6.45) is 0.638. The zero-order valence-electron chi connectivity index (χ0n) is 11.4. The molecule has 19 heavy (non-hydrogen) atoms. The predicted octanol–water partition coefficient (Wildman–Crippen LogP) is 2.72. The molecule has 0 saturated carbocycles. The first kappa shape index (κ1) is 13.7. The van der Waals surface area contributed by atoms with E-state index in [0.29, 0.717) is 29.5 Å². The van der Waals surface area contributed by atoms with Crippen LogP contribution in [0.1, 0.15) is 25.3 Å². The summed E-state index contributed by atoms with van der Waals surface area (Å²) >= 11 is 0. The quantitative estimate of drug-likeness (QED) is 0.901. The van der Waals surface area contributed by atoms with Gasteiger partial charge in [-0.05, 0) is 18.6 Å². The summed E-state index contributed by atoms with van der Waals surface area (Å²) in [6, 6.07) is 5.55. The lowest BCUT2D eigenvalue weighted by Gasteiger charge is -2.04. The number of halogens is 1. The SMILES string of the molecule is Cc1cccc(-c2nnc(CCNC(C)C)o2)c1F. The van der Waals surface area contributed by atoms with Gasteiger partial charge in [0.15, 0.2) is 0 Å². The minimum absolute atomic E-state index is 0.237. The first-order chi connectivity index (χ1) is 9.08. The Morgan fingerprint density at radius 3 is 2.84 bits per heavy atom. The molecule has 0 aliphatic carbocycles. The maximum absolute atomic E-state index is 13.9. The summed E-state index contributed by atoms with van der Waals surface area (Å²) in [5.74, 6) is 0.447. The number of nitrogens with one attached hydrogen (secondary N) is 1. The van der Waals surface area contributed by atoms with Crippen LogP contribution in [0.15, 0.2) is 22.6 Å². The number of aromatic nitrogens is 2. The number of nitrogens with zero attached hydrogens (tertiary/aromatic N) is 2. The highest BCUT2D eigenvalue weighted by molar-refractivity contribution is 5.55. The van der Waals surface area contributed by atoms with Gasteiger partial charge in [0.2, 0.25) is 5.89 Å². The van der Waals surface area contributed by atoms with E-state index in [0.717, 1.165) is 6.54 Å². The molecular formula is C14H18FN3O. The van der Waals surface area contributed by atoms with E-state index in [1.54, 1.807) is 25.1 Å². The van der Waals surface area contributed by atoms with Crippen molar-refractivity contribution in [3.63, 3.8) is 0 Å². The summed E-state index contributed by atoms with van der Waals surface area (Å²) in [4.78, 5) is 0. The van der Waals surface area contributed by atoms with E-state index in [1.807, 2.05) is 0 Å². The lowest BCUT2D eigenvalue weighted by atomic mass is 10.1. The summed E-state index contributed by atoms with van der Waals surface area (Å²) in [5.41, 5.74) is 0.925. The third kappa shape index (κ3) is 3.38. The van der Waals surface area contributed by atoms with E-state index in [9.17, 15) is 4.39 Å². The Bertz CT molecular complexity index is 551. The molecule has 4 nitrogen and oxygen atoms in total. The van der Waals surface area contributed by atoms with E-state index in [-0.39, 0.29) is 11.7 Å². The maximum atomic E-state index is 13.9. The minimum Gasteiger partial charge on any atom is -0.421 e. The van der Waals surface area contributed by atoms with Crippen LogP contribution in [0.2, 0.25) is 0 Å². The van der Waals surface area contributed by atoms with Crippen molar-refractivity contribution < 1.29 is 8.81 Å². The fourth-order valence-electron chi connectivity index (χ4n) is 1.74. The van der Waals surface area contributed by atoms with Crippen LogP contribution in [0, 0.1) is 12.7 Å². The van der Waals surface area contributed by atoms with Crippen molar-refractivity contribution in [3.8, 4) is 11.5 Å². The molecule has 0 amide bonds. The van der Waals surface area contributed by atoms with Crippen molar-refractivity contribution in [3.05, 3.63) is 35.5 Å². The average molecular weight is 263 g/mol. The Morgan fingerprint density at radius 1 is 1.32 bits per heavy atom. The standard InChI is InChI=1S/C14H18FN3O/c1-9(2)16-8-7-12-17-18-14(19-12)11-6-4-5-10(3)13(11)15/h4-6,9,16H,7-8H2,1-3H3. The fourth-order valence-corrected chi connectivity index (χ4v) is 1.74. The second kappa shape index (κ2) is 5.93.